The number of carbonyl (C=O) groups is 1. The third kappa shape index (κ3) is 5.85. The summed E-state index contributed by atoms with van der Waals surface area (Å²) in [6, 6.07) is 24.8. The normalized spacial score (nSPS) is 10.9. The smallest absolute Gasteiger partial charge is 0.266 e. The Kier molecular flexibility index (Phi) is 7.99. The summed E-state index contributed by atoms with van der Waals surface area (Å²) in [6.07, 6.45) is 1.78. The van der Waals surface area contributed by atoms with Crippen LogP contribution < -0.4 is 15.6 Å². The molecule has 0 saturated carbocycles. The highest BCUT2D eigenvalue weighted by Gasteiger charge is 2.15. The van der Waals surface area contributed by atoms with E-state index in [1.165, 1.54) is 17.3 Å². The molecule has 0 aliphatic heterocycles. The van der Waals surface area contributed by atoms with Crippen LogP contribution in [0.5, 0.6) is 5.75 Å². The van der Waals surface area contributed by atoms with Crippen LogP contribution in [0.1, 0.15) is 18.9 Å². The summed E-state index contributed by atoms with van der Waals surface area (Å²) in [6.45, 7) is 3.09. The molecule has 1 aromatic heterocycles. The molecule has 1 N–H and O–H groups in total. The number of aromatic nitrogens is 2. The van der Waals surface area contributed by atoms with E-state index in [1.54, 1.807) is 10.6 Å². The van der Waals surface area contributed by atoms with Gasteiger partial charge in [-0.3, -0.25) is 14.2 Å². The van der Waals surface area contributed by atoms with E-state index < -0.39 is 0 Å². The van der Waals surface area contributed by atoms with Gasteiger partial charge in [-0.25, -0.2) is 4.98 Å². The van der Waals surface area contributed by atoms with Crippen molar-refractivity contribution in [2.75, 3.05) is 18.9 Å². The second-order valence-corrected chi connectivity index (χ2v) is 8.65. The van der Waals surface area contributed by atoms with Crippen molar-refractivity contribution in [1.82, 2.24) is 14.9 Å². The Bertz CT molecular complexity index is 1300. The topological polar surface area (TPSA) is 73.2 Å². The lowest BCUT2D eigenvalue weighted by molar-refractivity contribution is -0.118. The zero-order chi connectivity index (χ0) is 23.8. The van der Waals surface area contributed by atoms with Crippen molar-refractivity contribution in [3.05, 3.63) is 94.8 Å². The van der Waals surface area contributed by atoms with Crippen LogP contribution in [0.15, 0.2) is 88.8 Å². The number of para-hydroxylation sites is 1. The Morgan fingerprint density at radius 2 is 1.74 bits per heavy atom. The summed E-state index contributed by atoms with van der Waals surface area (Å²) in [5.41, 5.74) is 2.38. The van der Waals surface area contributed by atoms with Crippen LogP contribution in [0.4, 0.5) is 0 Å². The molecule has 0 aliphatic carbocycles. The van der Waals surface area contributed by atoms with Crippen molar-refractivity contribution < 1.29 is 9.53 Å². The predicted molar refractivity (Wildman–Crippen MR) is 137 cm³/mol. The summed E-state index contributed by atoms with van der Waals surface area (Å²) >= 11 is 1.26. The van der Waals surface area contributed by atoms with Crippen molar-refractivity contribution in [3.63, 3.8) is 0 Å². The largest absolute Gasteiger partial charge is 0.494 e. The number of rotatable bonds is 10. The van der Waals surface area contributed by atoms with Crippen LogP contribution in [0, 0.1) is 0 Å². The van der Waals surface area contributed by atoms with Crippen LogP contribution in [-0.2, 0) is 11.2 Å². The third-order valence-electron chi connectivity index (χ3n) is 5.29. The number of aryl methyl sites for hydroxylation is 1. The summed E-state index contributed by atoms with van der Waals surface area (Å²) in [5, 5.41) is 3.98. The highest BCUT2D eigenvalue weighted by atomic mass is 32.2. The predicted octanol–water partition coefficient (Wildman–Crippen LogP) is 4.63. The first-order chi connectivity index (χ1) is 16.7. The number of hydrogen-bond donors (Lipinski definition) is 1. The molecule has 1 amide bonds. The maximum absolute atomic E-state index is 13.3. The standard InChI is InChI=1S/C27H27N3O3S/c1-2-33-22-16-14-21(15-17-22)30-26(32)23-12-6-7-13-24(23)29-27(30)34-19-25(31)28-18-8-11-20-9-4-3-5-10-20/h3-7,9-10,12-17H,2,8,11,18-19H2,1H3,(H,28,31). The number of fused-ring (bicyclic) bond motifs is 1. The molecule has 0 unspecified atom stereocenters. The first kappa shape index (κ1) is 23.6. The fourth-order valence-electron chi connectivity index (χ4n) is 3.64. The molecule has 0 atom stereocenters. The van der Waals surface area contributed by atoms with Crippen LogP contribution in [-0.4, -0.2) is 34.4 Å². The van der Waals surface area contributed by atoms with Gasteiger partial charge in [-0.1, -0.05) is 54.2 Å². The van der Waals surface area contributed by atoms with Crippen molar-refractivity contribution in [2.45, 2.75) is 24.9 Å². The van der Waals surface area contributed by atoms with Crippen LogP contribution in [0.2, 0.25) is 0 Å². The number of thioether (sulfide) groups is 1. The first-order valence-corrected chi connectivity index (χ1v) is 12.3. The Hall–Kier alpha value is -3.58. The molecule has 0 aliphatic rings. The van der Waals surface area contributed by atoms with Crippen LogP contribution in [0.3, 0.4) is 0 Å². The van der Waals surface area contributed by atoms with Gasteiger partial charge in [-0.2, -0.15) is 0 Å². The molecule has 34 heavy (non-hydrogen) atoms. The van der Waals surface area contributed by atoms with Crippen molar-refractivity contribution in [1.29, 1.82) is 0 Å². The highest BCUT2D eigenvalue weighted by molar-refractivity contribution is 7.99. The van der Waals surface area contributed by atoms with E-state index in [4.69, 9.17) is 9.72 Å². The number of hydrogen-bond acceptors (Lipinski definition) is 5. The maximum Gasteiger partial charge on any atom is 0.266 e. The van der Waals surface area contributed by atoms with E-state index in [9.17, 15) is 9.59 Å². The maximum atomic E-state index is 13.3. The van der Waals surface area contributed by atoms with Gasteiger partial charge in [-0.05, 0) is 61.7 Å². The average Bonchev–Trinajstić information content (AvgIpc) is 2.87. The van der Waals surface area contributed by atoms with E-state index in [2.05, 4.69) is 17.4 Å². The fourth-order valence-corrected chi connectivity index (χ4v) is 4.48. The zero-order valence-electron chi connectivity index (χ0n) is 19.1. The van der Waals surface area contributed by atoms with E-state index in [0.717, 1.165) is 18.6 Å². The van der Waals surface area contributed by atoms with Crippen molar-refractivity contribution in [3.8, 4) is 11.4 Å². The molecule has 174 valence electrons. The van der Waals surface area contributed by atoms with Gasteiger partial charge in [0.1, 0.15) is 5.75 Å². The van der Waals surface area contributed by atoms with Gasteiger partial charge in [-0.15, -0.1) is 0 Å². The van der Waals surface area contributed by atoms with Gasteiger partial charge in [0.05, 0.1) is 29.0 Å². The van der Waals surface area contributed by atoms with E-state index in [1.807, 2.05) is 67.6 Å². The van der Waals surface area contributed by atoms with Gasteiger partial charge in [0, 0.05) is 6.54 Å². The Balaban J connectivity index is 1.48. The van der Waals surface area contributed by atoms with Gasteiger partial charge < -0.3 is 10.1 Å². The van der Waals surface area contributed by atoms with Gasteiger partial charge in [0.15, 0.2) is 5.16 Å². The SMILES string of the molecule is CCOc1ccc(-n2c(SCC(=O)NCCCc3ccccc3)nc3ccccc3c2=O)cc1. The molecule has 0 bridgehead atoms. The minimum atomic E-state index is -0.166. The first-order valence-electron chi connectivity index (χ1n) is 11.3. The zero-order valence-corrected chi connectivity index (χ0v) is 19.9. The Morgan fingerprint density at radius 1 is 1.00 bits per heavy atom. The molecule has 7 heteroatoms. The lowest BCUT2D eigenvalue weighted by Crippen LogP contribution is -2.27. The molecule has 0 saturated heterocycles. The molecular formula is C27H27N3O3S. The van der Waals surface area contributed by atoms with Crippen LogP contribution in [0.25, 0.3) is 16.6 Å². The Morgan fingerprint density at radius 3 is 2.50 bits per heavy atom. The van der Waals surface area contributed by atoms with Gasteiger partial charge >= 0.3 is 0 Å². The van der Waals surface area contributed by atoms with E-state index >= 15 is 0 Å². The number of nitrogens with one attached hydrogen (secondary N) is 1. The van der Waals surface area contributed by atoms with Gasteiger partial charge in [0.2, 0.25) is 5.91 Å². The molecule has 0 radical (unpaired) electrons. The minimum absolute atomic E-state index is 0.0845. The van der Waals surface area contributed by atoms with Crippen molar-refractivity contribution in [2.24, 2.45) is 0 Å². The number of benzene rings is 3. The second-order valence-electron chi connectivity index (χ2n) is 7.71. The highest BCUT2D eigenvalue weighted by Crippen LogP contribution is 2.23. The van der Waals surface area contributed by atoms with E-state index in [-0.39, 0.29) is 17.2 Å². The molecule has 6 nitrogen and oxygen atoms in total. The fraction of sp³-hybridized carbons (Fsp3) is 0.222. The minimum Gasteiger partial charge on any atom is -0.494 e. The molecule has 1 heterocycles. The second kappa shape index (κ2) is 11.5. The number of carbonyl (C=O) groups excluding carboxylic acids is 1. The number of amides is 1. The van der Waals surface area contributed by atoms with Crippen LogP contribution >= 0.6 is 11.8 Å². The molecule has 0 spiro atoms. The summed E-state index contributed by atoms with van der Waals surface area (Å²) in [5.74, 6) is 0.823. The number of ether oxygens (including phenoxy) is 1. The van der Waals surface area contributed by atoms with Gasteiger partial charge in [0.25, 0.3) is 5.56 Å². The lowest BCUT2D eigenvalue weighted by atomic mass is 10.1. The Labute approximate surface area is 203 Å². The summed E-state index contributed by atoms with van der Waals surface area (Å²) in [4.78, 5) is 30.5. The number of nitrogens with zero attached hydrogens (tertiary/aromatic N) is 2. The third-order valence-corrected chi connectivity index (χ3v) is 6.23. The quantitative estimate of drug-likeness (QED) is 0.207. The summed E-state index contributed by atoms with van der Waals surface area (Å²) < 4.78 is 7.08. The molecule has 4 aromatic rings. The molecular weight excluding hydrogens is 446 g/mol. The molecule has 4 rings (SSSR count). The van der Waals surface area contributed by atoms with E-state index in [0.29, 0.717) is 34.9 Å². The summed E-state index contributed by atoms with van der Waals surface area (Å²) in [7, 11) is 0. The monoisotopic (exact) mass is 473 g/mol. The van der Waals surface area contributed by atoms with Crippen molar-refractivity contribution >= 4 is 28.6 Å². The lowest BCUT2D eigenvalue weighted by Gasteiger charge is -2.14. The molecule has 0 fully saturated rings. The molecule has 3 aromatic carbocycles. The average molecular weight is 474 g/mol.